The van der Waals surface area contributed by atoms with E-state index in [9.17, 15) is 9.00 Å². The van der Waals surface area contributed by atoms with Gasteiger partial charge in [0.2, 0.25) is 5.91 Å². The molecule has 6 heteroatoms. The van der Waals surface area contributed by atoms with E-state index in [0.29, 0.717) is 23.9 Å². The SMILES string of the molecule is CC1CN(C(=O)CS(=O)Cc2ccccc2Cl)CC(C)O1. The quantitative estimate of drug-likeness (QED) is 0.851. The Labute approximate surface area is 132 Å². The summed E-state index contributed by atoms with van der Waals surface area (Å²) in [6.07, 6.45) is 0.0457. The van der Waals surface area contributed by atoms with Crippen molar-refractivity contribution >= 4 is 28.3 Å². The smallest absolute Gasteiger partial charge is 0.235 e. The highest BCUT2D eigenvalue weighted by atomic mass is 35.5. The third-order valence-electron chi connectivity index (χ3n) is 3.33. The number of nitrogens with zero attached hydrogens (tertiary/aromatic N) is 1. The first kappa shape index (κ1) is 16.5. The summed E-state index contributed by atoms with van der Waals surface area (Å²) in [5.74, 6) is 0.258. The van der Waals surface area contributed by atoms with Gasteiger partial charge in [-0.3, -0.25) is 9.00 Å². The van der Waals surface area contributed by atoms with Crippen molar-refractivity contribution < 1.29 is 13.7 Å². The van der Waals surface area contributed by atoms with Crippen LogP contribution in [0.4, 0.5) is 0 Å². The molecular formula is C15H20ClNO3S. The third-order valence-corrected chi connectivity index (χ3v) is 4.90. The van der Waals surface area contributed by atoms with Gasteiger partial charge in [-0.1, -0.05) is 29.8 Å². The maximum atomic E-state index is 12.2. The molecule has 1 aromatic rings. The van der Waals surface area contributed by atoms with Crippen molar-refractivity contribution in [3.05, 3.63) is 34.9 Å². The number of hydrogen-bond acceptors (Lipinski definition) is 3. The third kappa shape index (κ3) is 4.80. The Balaban J connectivity index is 1.90. The van der Waals surface area contributed by atoms with Crippen LogP contribution in [-0.2, 0) is 26.1 Å². The van der Waals surface area contributed by atoms with E-state index in [2.05, 4.69) is 0 Å². The Bertz CT molecular complexity index is 527. The van der Waals surface area contributed by atoms with Gasteiger partial charge < -0.3 is 9.64 Å². The van der Waals surface area contributed by atoms with E-state index in [1.807, 2.05) is 32.0 Å². The summed E-state index contributed by atoms with van der Waals surface area (Å²) >= 11 is 6.05. The number of benzene rings is 1. The predicted molar refractivity (Wildman–Crippen MR) is 84.8 cm³/mol. The van der Waals surface area contributed by atoms with Crippen molar-refractivity contribution in [3.63, 3.8) is 0 Å². The molecule has 1 saturated heterocycles. The molecule has 0 saturated carbocycles. The molecule has 0 N–H and O–H groups in total. The lowest BCUT2D eigenvalue weighted by molar-refractivity contribution is -0.140. The molecule has 0 aliphatic carbocycles. The molecule has 0 aromatic heterocycles. The fourth-order valence-electron chi connectivity index (χ4n) is 2.45. The molecule has 1 amide bonds. The Morgan fingerprint density at radius 1 is 1.33 bits per heavy atom. The summed E-state index contributed by atoms with van der Waals surface area (Å²) in [5.41, 5.74) is 0.814. The number of rotatable bonds is 4. The standard InChI is InChI=1S/C15H20ClNO3S/c1-11-7-17(8-12(2)20-11)15(18)10-21(19)9-13-5-3-4-6-14(13)16/h3-6,11-12H,7-10H2,1-2H3. The highest BCUT2D eigenvalue weighted by Gasteiger charge is 2.26. The number of carbonyl (C=O) groups excluding carboxylic acids is 1. The molecule has 116 valence electrons. The molecule has 1 fully saturated rings. The van der Waals surface area contributed by atoms with Crippen LogP contribution in [-0.4, -0.2) is 46.1 Å². The minimum absolute atomic E-state index is 0.0229. The lowest BCUT2D eigenvalue weighted by Gasteiger charge is -2.35. The fourth-order valence-corrected chi connectivity index (χ4v) is 3.89. The van der Waals surface area contributed by atoms with E-state index in [4.69, 9.17) is 16.3 Å². The topological polar surface area (TPSA) is 46.6 Å². The summed E-state index contributed by atoms with van der Waals surface area (Å²) in [7, 11) is -1.25. The minimum Gasteiger partial charge on any atom is -0.372 e. The van der Waals surface area contributed by atoms with Crippen molar-refractivity contribution in [2.45, 2.75) is 31.8 Å². The number of amides is 1. The van der Waals surface area contributed by atoms with E-state index in [1.165, 1.54) is 0 Å². The van der Waals surface area contributed by atoms with E-state index in [-0.39, 0.29) is 23.9 Å². The molecule has 2 rings (SSSR count). The van der Waals surface area contributed by atoms with Gasteiger partial charge in [-0.25, -0.2) is 0 Å². The molecule has 4 nitrogen and oxygen atoms in total. The van der Waals surface area contributed by atoms with Crippen LogP contribution in [0.15, 0.2) is 24.3 Å². The van der Waals surface area contributed by atoms with Crippen LogP contribution in [0.2, 0.25) is 5.02 Å². The van der Waals surface area contributed by atoms with Crippen molar-refractivity contribution in [1.29, 1.82) is 0 Å². The van der Waals surface area contributed by atoms with E-state index < -0.39 is 10.8 Å². The summed E-state index contributed by atoms with van der Waals surface area (Å²) in [6, 6.07) is 7.28. The molecular weight excluding hydrogens is 310 g/mol. The summed E-state index contributed by atoms with van der Waals surface area (Å²) in [4.78, 5) is 14.0. The molecule has 21 heavy (non-hydrogen) atoms. The van der Waals surface area contributed by atoms with Crippen LogP contribution >= 0.6 is 11.6 Å². The Hall–Kier alpha value is -0.910. The largest absolute Gasteiger partial charge is 0.372 e. The van der Waals surface area contributed by atoms with Gasteiger partial charge in [0.05, 0.1) is 18.0 Å². The molecule has 1 heterocycles. The lowest BCUT2D eigenvalue weighted by Crippen LogP contribution is -2.49. The van der Waals surface area contributed by atoms with Gasteiger partial charge in [-0.05, 0) is 25.5 Å². The Morgan fingerprint density at radius 3 is 2.57 bits per heavy atom. The zero-order chi connectivity index (χ0) is 15.4. The molecule has 0 spiro atoms. The zero-order valence-corrected chi connectivity index (χ0v) is 13.8. The first-order chi connectivity index (χ1) is 9.95. The Morgan fingerprint density at radius 2 is 1.95 bits per heavy atom. The van der Waals surface area contributed by atoms with Crippen molar-refractivity contribution in [2.75, 3.05) is 18.8 Å². The molecule has 0 bridgehead atoms. The van der Waals surface area contributed by atoms with Crippen LogP contribution < -0.4 is 0 Å². The average molecular weight is 330 g/mol. The van der Waals surface area contributed by atoms with Gasteiger partial charge >= 0.3 is 0 Å². The fraction of sp³-hybridized carbons (Fsp3) is 0.533. The van der Waals surface area contributed by atoms with Gasteiger partial charge in [0.25, 0.3) is 0 Å². The van der Waals surface area contributed by atoms with Crippen LogP contribution in [0.1, 0.15) is 19.4 Å². The number of carbonyl (C=O) groups is 1. The maximum absolute atomic E-state index is 12.2. The maximum Gasteiger partial charge on any atom is 0.235 e. The number of hydrogen-bond donors (Lipinski definition) is 0. The summed E-state index contributed by atoms with van der Waals surface area (Å²) < 4.78 is 17.8. The van der Waals surface area contributed by atoms with E-state index in [1.54, 1.807) is 11.0 Å². The van der Waals surface area contributed by atoms with Crippen molar-refractivity contribution in [2.24, 2.45) is 0 Å². The van der Waals surface area contributed by atoms with Gasteiger partial charge in [0, 0.05) is 28.9 Å². The van der Waals surface area contributed by atoms with Gasteiger partial charge in [-0.2, -0.15) is 0 Å². The monoisotopic (exact) mass is 329 g/mol. The molecule has 3 unspecified atom stereocenters. The van der Waals surface area contributed by atoms with Gasteiger partial charge in [0.15, 0.2) is 0 Å². The summed E-state index contributed by atoms with van der Waals surface area (Å²) in [6.45, 7) is 5.01. The second-order valence-electron chi connectivity index (χ2n) is 5.38. The molecule has 0 radical (unpaired) electrons. The number of morpholine rings is 1. The van der Waals surface area contributed by atoms with Crippen molar-refractivity contribution in [3.8, 4) is 0 Å². The van der Waals surface area contributed by atoms with Crippen LogP contribution in [0.25, 0.3) is 0 Å². The summed E-state index contributed by atoms with van der Waals surface area (Å²) in [5, 5.41) is 0.590. The minimum atomic E-state index is -1.25. The van der Waals surface area contributed by atoms with Crippen LogP contribution in [0, 0.1) is 0 Å². The highest BCUT2D eigenvalue weighted by molar-refractivity contribution is 7.84. The van der Waals surface area contributed by atoms with Gasteiger partial charge in [0.1, 0.15) is 5.75 Å². The first-order valence-electron chi connectivity index (χ1n) is 6.97. The first-order valence-corrected chi connectivity index (χ1v) is 8.84. The lowest BCUT2D eigenvalue weighted by atomic mass is 10.2. The van der Waals surface area contributed by atoms with Crippen LogP contribution in [0.5, 0.6) is 0 Å². The van der Waals surface area contributed by atoms with Crippen molar-refractivity contribution in [1.82, 2.24) is 4.90 Å². The van der Waals surface area contributed by atoms with E-state index in [0.717, 1.165) is 5.56 Å². The molecule has 3 atom stereocenters. The molecule has 1 aromatic carbocycles. The second-order valence-corrected chi connectivity index (χ2v) is 7.24. The predicted octanol–water partition coefficient (Wildman–Crippen LogP) is 2.22. The van der Waals surface area contributed by atoms with E-state index >= 15 is 0 Å². The average Bonchev–Trinajstić information content (AvgIpc) is 2.40. The highest BCUT2D eigenvalue weighted by Crippen LogP contribution is 2.17. The normalized spacial score (nSPS) is 23.9. The zero-order valence-electron chi connectivity index (χ0n) is 12.3. The molecule has 1 aliphatic rings. The Kier molecular flexibility index (Phi) is 5.79. The number of halogens is 1. The van der Waals surface area contributed by atoms with Crippen LogP contribution in [0.3, 0.4) is 0 Å². The second kappa shape index (κ2) is 7.38. The molecule has 1 aliphatic heterocycles. The van der Waals surface area contributed by atoms with Gasteiger partial charge in [-0.15, -0.1) is 0 Å². The number of ether oxygens (including phenoxy) is 1.